The summed E-state index contributed by atoms with van der Waals surface area (Å²) >= 11 is 0. The van der Waals surface area contributed by atoms with Crippen molar-refractivity contribution >= 4 is 40.3 Å². The molecule has 13 nitrogen and oxygen atoms in total. The fourth-order valence-corrected chi connectivity index (χ4v) is 5.34. The van der Waals surface area contributed by atoms with Crippen LogP contribution in [0.25, 0.3) is 10.9 Å². The van der Waals surface area contributed by atoms with Gasteiger partial charge < -0.3 is 10.1 Å². The van der Waals surface area contributed by atoms with Crippen LogP contribution in [0.2, 0.25) is 0 Å². The molecule has 2 aliphatic rings. The average molecular weight is 624 g/mol. The number of hydrogen-bond acceptors (Lipinski definition) is 9. The lowest BCUT2D eigenvalue weighted by molar-refractivity contribution is -0.141. The molecule has 0 bridgehead atoms. The molecule has 2 N–H and O–H groups in total. The molecule has 4 amide bonds. The number of carbonyl (C=O) groups excluding carboxylic acids is 3. The van der Waals surface area contributed by atoms with E-state index in [2.05, 4.69) is 30.5 Å². The first-order chi connectivity index (χ1) is 21.6. The number of carbonyl (C=O) groups is 3. The highest BCUT2D eigenvalue weighted by Crippen LogP contribution is 2.33. The molecule has 16 heteroatoms. The number of nitrogens with zero attached hydrogens (tertiary/aromatic N) is 7. The SMILES string of the molecule is COc1cc2nn(C3CCN(Cc4cnc(N5CCC(=O)NC5=O)cn4)CC3)cc2cc1NC(=O)c1ccc(C(F)(F)F)nc1. The summed E-state index contributed by atoms with van der Waals surface area (Å²) in [5.74, 6) is -0.180. The summed E-state index contributed by atoms with van der Waals surface area (Å²) in [6.45, 7) is 2.46. The van der Waals surface area contributed by atoms with E-state index in [1.54, 1.807) is 18.3 Å². The molecule has 234 valence electrons. The topological polar surface area (TPSA) is 147 Å². The summed E-state index contributed by atoms with van der Waals surface area (Å²) in [7, 11) is 1.45. The van der Waals surface area contributed by atoms with Crippen molar-refractivity contribution in [3.63, 3.8) is 0 Å². The largest absolute Gasteiger partial charge is 0.494 e. The molecular formula is C29H28F3N9O4. The number of halogens is 3. The Kier molecular flexibility index (Phi) is 8.05. The number of urea groups is 1. The summed E-state index contributed by atoms with van der Waals surface area (Å²) in [6, 6.07) is 4.89. The smallest absolute Gasteiger partial charge is 0.433 e. The lowest BCUT2D eigenvalue weighted by atomic mass is 10.1. The number of piperidine rings is 1. The van der Waals surface area contributed by atoms with E-state index in [0.29, 0.717) is 29.3 Å². The number of hydrogen-bond donors (Lipinski definition) is 2. The molecule has 2 fully saturated rings. The molecule has 0 saturated carbocycles. The molecule has 0 unspecified atom stereocenters. The Hall–Kier alpha value is -5.12. The van der Waals surface area contributed by atoms with Crippen molar-refractivity contribution in [1.29, 1.82) is 0 Å². The number of fused-ring (bicyclic) bond motifs is 1. The van der Waals surface area contributed by atoms with E-state index >= 15 is 0 Å². The summed E-state index contributed by atoms with van der Waals surface area (Å²) in [5.41, 5.74) is 0.686. The maximum atomic E-state index is 12.8. The van der Waals surface area contributed by atoms with E-state index in [1.807, 2.05) is 10.9 Å². The van der Waals surface area contributed by atoms with Crippen LogP contribution in [0.15, 0.2) is 49.1 Å². The quantitative estimate of drug-likeness (QED) is 0.314. The van der Waals surface area contributed by atoms with Gasteiger partial charge in [0.05, 0.1) is 48.0 Å². The summed E-state index contributed by atoms with van der Waals surface area (Å²) in [5, 5.41) is 10.5. The van der Waals surface area contributed by atoms with Gasteiger partial charge in [-0.05, 0) is 31.0 Å². The molecule has 0 spiro atoms. The maximum absolute atomic E-state index is 12.8. The van der Waals surface area contributed by atoms with Crippen molar-refractivity contribution in [3.05, 3.63) is 66.0 Å². The second-order valence-electron chi connectivity index (χ2n) is 10.7. The molecule has 5 heterocycles. The van der Waals surface area contributed by atoms with Gasteiger partial charge in [0.2, 0.25) is 5.91 Å². The monoisotopic (exact) mass is 623 g/mol. The molecule has 4 aromatic rings. The third-order valence-electron chi connectivity index (χ3n) is 7.75. The number of aromatic nitrogens is 5. The Morgan fingerprint density at radius 3 is 2.51 bits per heavy atom. The van der Waals surface area contributed by atoms with E-state index < -0.39 is 23.8 Å². The van der Waals surface area contributed by atoms with E-state index in [9.17, 15) is 27.6 Å². The number of nitrogens with one attached hydrogen (secondary N) is 2. The van der Waals surface area contributed by atoms with Gasteiger partial charge in [0.1, 0.15) is 11.4 Å². The minimum absolute atomic E-state index is 0.0263. The Bertz CT molecular complexity index is 1730. The number of alkyl halides is 3. The predicted octanol–water partition coefficient (Wildman–Crippen LogP) is 3.78. The Labute approximate surface area is 254 Å². The zero-order valence-corrected chi connectivity index (χ0v) is 24.0. The maximum Gasteiger partial charge on any atom is 0.433 e. The highest BCUT2D eigenvalue weighted by molar-refractivity contribution is 6.06. The molecular weight excluding hydrogens is 595 g/mol. The predicted molar refractivity (Wildman–Crippen MR) is 155 cm³/mol. The van der Waals surface area contributed by atoms with Gasteiger partial charge in [-0.15, -0.1) is 0 Å². The van der Waals surface area contributed by atoms with Gasteiger partial charge in [0.25, 0.3) is 5.91 Å². The molecule has 2 saturated heterocycles. The minimum Gasteiger partial charge on any atom is -0.494 e. The van der Waals surface area contributed by atoms with E-state index in [4.69, 9.17) is 9.84 Å². The Balaban J connectivity index is 1.07. The van der Waals surface area contributed by atoms with E-state index in [1.165, 1.54) is 18.2 Å². The summed E-state index contributed by atoms with van der Waals surface area (Å²) < 4.78 is 45.9. The van der Waals surface area contributed by atoms with Crippen LogP contribution in [0, 0.1) is 0 Å². The number of benzene rings is 1. The lowest BCUT2D eigenvalue weighted by Gasteiger charge is -2.31. The molecule has 6 rings (SSSR count). The van der Waals surface area contributed by atoms with Crippen LogP contribution in [0.1, 0.15) is 47.1 Å². The number of methoxy groups -OCH3 is 1. The Morgan fingerprint density at radius 2 is 1.87 bits per heavy atom. The number of likely N-dealkylation sites (tertiary alicyclic amines) is 1. The zero-order valence-electron chi connectivity index (χ0n) is 24.0. The molecule has 0 atom stereocenters. The first-order valence-electron chi connectivity index (χ1n) is 14.1. The fraction of sp³-hybridized carbons (Fsp3) is 0.345. The molecule has 3 aromatic heterocycles. The van der Waals surface area contributed by atoms with Crippen LogP contribution in [0.3, 0.4) is 0 Å². The number of amides is 4. The summed E-state index contributed by atoms with van der Waals surface area (Å²) in [4.78, 5) is 52.0. The van der Waals surface area contributed by atoms with Gasteiger partial charge in [-0.25, -0.2) is 9.78 Å². The molecule has 0 aliphatic carbocycles. The van der Waals surface area contributed by atoms with Gasteiger partial charge in [-0.3, -0.25) is 39.4 Å². The Morgan fingerprint density at radius 1 is 1.07 bits per heavy atom. The van der Waals surface area contributed by atoms with Crippen molar-refractivity contribution in [2.45, 2.75) is 38.0 Å². The van der Waals surface area contributed by atoms with Crippen molar-refractivity contribution in [2.24, 2.45) is 0 Å². The minimum atomic E-state index is -4.60. The third kappa shape index (κ3) is 6.55. The first kappa shape index (κ1) is 29.9. The van der Waals surface area contributed by atoms with Gasteiger partial charge in [0.15, 0.2) is 5.82 Å². The van der Waals surface area contributed by atoms with Crippen LogP contribution >= 0.6 is 0 Å². The van der Waals surface area contributed by atoms with Gasteiger partial charge >= 0.3 is 12.2 Å². The average Bonchev–Trinajstić information content (AvgIpc) is 3.44. The van der Waals surface area contributed by atoms with Crippen LogP contribution in [0.4, 0.5) is 29.5 Å². The molecule has 0 radical (unpaired) electrons. The van der Waals surface area contributed by atoms with Gasteiger partial charge in [-0.1, -0.05) is 0 Å². The van der Waals surface area contributed by atoms with Crippen LogP contribution in [-0.2, 0) is 17.5 Å². The van der Waals surface area contributed by atoms with Crippen molar-refractivity contribution in [1.82, 2.24) is 34.9 Å². The number of rotatable bonds is 7. The van der Waals surface area contributed by atoms with E-state index in [0.717, 1.165) is 55.3 Å². The number of imide groups is 1. The second-order valence-corrected chi connectivity index (χ2v) is 10.7. The first-order valence-corrected chi connectivity index (χ1v) is 14.1. The van der Waals surface area contributed by atoms with Crippen molar-refractivity contribution in [2.75, 3.05) is 37.0 Å². The third-order valence-corrected chi connectivity index (χ3v) is 7.75. The normalized spacial score (nSPS) is 16.6. The fourth-order valence-electron chi connectivity index (χ4n) is 5.34. The second kappa shape index (κ2) is 12.1. The van der Waals surface area contributed by atoms with Crippen LogP contribution < -0.4 is 20.3 Å². The zero-order chi connectivity index (χ0) is 31.7. The standard InChI is InChI=1S/C29H28F3N9O4/c1-45-23-11-21-18(10-22(23)36-27(43)17-2-3-24(34-12-17)29(30,31)32)15-41(38-21)20-4-7-39(8-5-20)16-19-13-35-25(14-33-19)40-9-6-26(42)37-28(40)44/h2-3,10-15,20H,4-9,16H2,1H3,(H,36,43)(H,37,42,44). The molecule has 45 heavy (non-hydrogen) atoms. The lowest BCUT2D eigenvalue weighted by Crippen LogP contribution is -2.50. The van der Waals surface area contributed by atoms with Gasteiger partial charge in [0, 0.05) is 56.4 Å². The summed E-state index contributed by atoms with van der Waals surface area (Å²) in [6.07, 6.45) is 3.26. The highest BCUT2D eigenvalue weighted by Gasteiger charge is 2.32. The number of ether oxygens (including phenoxy) is 1. The highest BCUT2D eigenvalue weighted by atomic mass is 19.4. The van der Waals surface area contributed by atoms with Crippen molar-refractivity contribution < 1.29 is 32.3 Å². The van der Waals surface area contributed by atoms with Crippen LogP contribution in [-0.4, -0.2) is 74.2 Å². The molecule has 2 aliphatic heterocycles. The number of anilines is 2. The van der Waals surface area contributed by atoms with Gasteiger partial charge in [-0.2, -0.15) is 18.3 Å². The van der Waals surface area contributed by atoms with Crippen LogP contribution in [0.5, 0.6) is 5.75 Å². The molecule has 1 aromatic carbocycles. The van der Waals surface area contributed by atoms with E-state index in [-0.39, 0.29) is 30.5 Å². The number of pyridine rings is 1. The van der Waals surface area contributed by atoms with Crippen molar-refractivity contribution in [3.8, 4) is 5.75 Å².